The first-order valence-corrected chi connectivity index (χ1v) is 8.84. The number of hydrogen-bond acceptors (Lipinski definition) is 3. The molecule has 0 aliphatic rings. The molecule has 0 aromatic heterocycles. The van der Waals surface area contributed by atoms with Crippen molar-refractivity contribution >= 4 is 0 Å². The quantitative estimate of drug-likeness (QED) is 0.572. The van der Waals surface area contributed by atoms with Gasteiger partial charge >= 0.3 is 0 Å². The van der Waals surface area contributed by atoms with Gasteiger partial charge in [0.2, 0.25) is 0 Å². The van der Waals surface area contributed by atoms with Crippen LogP contribution in [0.25, 0.3) is 11.1 Å². The maximum Gasteiger partial charge on any atom is 0.289 e. The van der Waals surface area contributed by atoms with E-state index < -0.39 is 5.97 Å². The zero-order chi connectivity index (χ0) is 18.3. The maximum atomic E-state index is 13.1. The van der Waals surface area contributed by atoms with Crippen LogP contribution in [0.2, 0.25) is 0 Å². The number of halogens is 1. The SMILES string of the molecule is CCOC(OCC)(OCC)C(C)c1ccc(-c2ccc(F)cc2)cc1. The Hall–Kier alpha value is -1.75. The molecule has 0 spiro atoms. The zero-order valence-electron chi connectivity index (χ0n) is 15.4. The molecule has 0 bridgehead atoms. The molecule has 2 aromatic carbocycles. The minimum atomic E-state index is -1.09. The molecule has 0 saturated heterocycles. The smallest absolute Gasteiger partial charge is 0.289 e. The van der Waals surface area contributed by atoms with E-state index in [2.05, 4.69) is 0 Å². The lowest BCUT2D eigenvalue weighted by Crippen LogP contribution is -2.44. The molecule has 25 heavy (non-hydrogen) atoms. The van der Waals surface area contributed by atoms with Gasteiger partial charge in [-0.3, -0.25) is 0 Å². The number of ether oxygens (including phenoxy) is 3. The number of rotatable bonds is 9. The van der Waals surface area contributed by atoms with Gasteiger partial charge in [-0.15, -0.1) is 0 Å². The molecule has 0 fully saturated rings. The van der Waals surface area contributed by atoms with Gasteiger partial charge in [0.1, 0.15) is 5.82 Å². The van der Waals surface area contributed by atoms with Crippen LogP contribution in [-0.4, -0.2) is 25.8 Å². The van der Waals surface area contributed by atoms with E-state index >= 15 is 0 Å². The maximum absolute atomic E-state index is 13.1. The second-order valence-corrected chi connectivity index (χ2v) is 5.75. The predicted molar refractivity (Wildman–Crippen MR) is 97.9 cm³/mol. The lowest BCUT2D eigenvalue weighted by Gasteiger charge is -2.37. The van der Waals surface area contributed by atoms with Crippen molar-refractivity contribution in [1.82, 2.24) is 0 Å². The second-order valence-electron chi connectivity index (χ2n) is 5.75. The lowest BCUT2D eigenvalue weighted by atomic mass is 9.95. The summed E-state index contributed by atoms with van der Waals surface area (Å²) in [5.74, 6) is -1.42. The Labute approximate surface area is 149 Å². The fourth-order valence-electron chi connectivity index (χ4n) is 2.91. The monoisotopic (exact) mass is 346 g/mol. The fraction of sp³-hybridized carbons (Fsp3) is 0.429. The van der Waals surface area contributed by atoms with Crippen molar-refractivity contribution in [3.8, 4) is 11.1 Å². The van der Waals surface area contributed by atoms with E-state index in [0.717, 1.165) is 16.7 Å². The first-order chi connectivity index (χ1) is 12.1. The fourth-order valence-corrected chi connectivity index (χ4v) is 2.91. The molecule has 4 heteroatoms. The van der Waals surface area contributed by atoms with E-state index in [-0.39, 0.29) is 11.7 Å². The number of benzene rings is 2. The summed E-state index contributed by atoms with van der Waals surface area (Å²) < 4.78 is 30.7. The summed E-state index contributed by atoms with van der Waals surface area (Å²) in [6.45, 7) is 9.31. The standard InChI is InChI=1S/C21H27FO3/c1-5-23-21(24-6-2,25-7-3)16(4)17-8-10-18(11-9-17)19-12-14-20(22)15-13-19/h8-16H,5-7H2,1-4H3. The number of hydrogen-bond donors (Lipinski definition) is 0. The first-order valence-electron chi connectivity index (χ1n) is 8.84. The van der Waals surface area contributed by atoms with Crippen molar-refractivity contribution in [3.05, 3.63) is 59.9 Å². The van der Waals surface area contributed by atoms with Crippen LogP contribution in [0.5, 0.6) is 0 Å². The summed E-state index contributed by atoms with van der Waals surface area (Å²) in [6.07, 6.45) is 0. The summed E-state index contributed by atoms with van der Waals surface area (Å²) in [6, 6.07) is 14.6. The first kappa shape index (κ1) is 19.6. The molecule has 0 saturated carbocycles. The molecule has 2 aromatic rings. The molecule has 0 radical (unpaired) electrons. The van der Waals surface area contributed by atoms with Gasteiger partial charge in [-0.05, 0) is 49.6 Å². The highest BCUT2D eigenvalue weighted by molar-refractivity contribution is 5.63. The Bertz CT molecular complexity index is 620. The van der Waals surface area contributed by atoms with E-state index in [9.17, 15) is 4.39 Å². The molecule has 1 unspecified atom stereocenters. The molecule has 3 nitrogen and oxygen atoms in total. The molecule has 0 aliphatic heterocycles. The van der Waals surface area contributed by atoms with Crippen LogP contribution in [0, 0.1) is 5.82 Å². The highest BCUT2D eigenvalue weighted by atomic mass is 19.1. The summed E-state index contributed by atoms with van der Waals surface area (Å²) >= 11 is 0. The normalized spacial score (nSPS) is 13.0. The minimum absolute atomic E-state index is 0.102. The molecule has 0 amide bonds. The molecule has 0 aliphatic carbocycles. The Morgan fingerprint density at radius 3 is 1.56 bits per heavy atom. The van der Waals surface area contributed by atoms with Crippen LogP contribution < -0.4 is 0 Å². The third-order valence-corrected chi connectivity index (χ3v) is 4.16. The van der Waals surface area contributed by atoms with Gasteiger partial charge < -0.3 is 14.2 Å². The van der Waals surface area contributed by atoms with Gasteiger partial charge in [0.15, 0.2) is 0 Å². The van der Waals surface area contributed by atoms with Crippen molar-refractivity contribution in [1.29, 1.82) is 0 Å². The van der Waals surface area contributed by atoms with Gasteiger partial charge in [0.05, 0.1) is 5.92 Å². The highest BCUT2D eigenvalue weighted by Crippen LogP contribution is 2.35. The van der Waals surface area contributed by atoms with Crippen molar-refractivity contribution in [2.45, 2.75) is 39.6 Å². The van der Waals surface area contributed by atoms with Crippen LogP contribution >= 0.6 is 0 Å². The van der Waals surface area contributed by atoms with E-state index in [1.165, 1.54) is 12.1 Å². The third kappa shape index (κ3) is 4.66. The largest absolute Gasteiger partial charge is 0.327 e. The Kier molecular flexibility index (Phi) is 7.12. The molecule has 0 heterocycles. The van der Waals surface area contributed by atoms with Crippen molar-refractivity contribution in [2.75, 3.05) is 19.8 Å². The Balaban J connectivity index is 2.27. The third-order valence-electron chi connectivity index (χ3n) is 4.16. The van der Waals surface area contributed by atoms with Crippen molar-refractivity contribution in [2.24, 2.45) is 0 Å². The molecule has 0 N–H and O–H groups in total. The van der Waals surface area contributed by atoms with Crippen LogP contribution in [0.15, 0.2) is 48.5 Å². The minimum Gasteiger partial charge on any atom is -0.327 e. The Morgan fingerprint density at radius 1 is 0.760 bits per heavy atom. The lowest BCUT2D eigenvalue weighted by molar-refractivity contribution is -0.386. The summed E-state index contributed by atoms with van der Waals surface area (Å²) in [5.41, 5.74) is 3.07. The average Bonchev–Trinajstić information content (AvgIpc) is 2.62. The van der Waals surface area contributed by atoms with Gasteiger partial charge in [-0.1, -0.05) is 43.3 Å². The van der Waals surface area contributed by atoms with Gasteiger partial charge in [0.25, 0.3) is 5.97 Å². The molecule has 136 valence electrons. The summed E-state index contributed by atoms with van der Waals surface area (Å²) in [5, 5.41) is 0. The summed E-state index contributed by atoms with van der Waals surface area (Å²) in [7, 11) is 0. The summed E-state index contributed by atoms with van der Waals surface area (Å²) in [4.78, 5) is 0. The highest BCUT2D eigenvalue weighted by Gasteiger charge is 2.40. The van der Waals surface area contributed by atoms with E-state index in [4.69, 9.17) is 14.2 Å². The molecule has 2 rings (SSSR count). The van der Waals surface area contributed by atoms with Crippen molar-refractivity contribution < 1.29 is 18.6 Å². The van der Waals surface area contributed by atoms with E-state index in [1.807, 2.05) is 52.0 Å². The molecular weight excluding hydrogens is 319 g/mol. The van der Waals surface area contributed by atoms with Crippen LogP contribution in [-0.2, 0) is 14.2 Å². The van der Waals surface area contributed by atoms with Crippen LogP contribution in [0.1, 0.15) is 39.2 Å². The average molecular weight is 346 g/mol. The van der Waals surface area contributed by atoms with Gasteiger partial charge in [-0.25, -0.2) is 4.39 Å². The molecule has 1 atom stereocenters. The predicted octanol–water partition coefficient (Wildman–Crippen LogP) is 5.36. The zero-order valence-corrected chi connectivity index (χ0v) is 15.4. The van der Waals surface area contributed by atoms with E-state index in [1.54, 1.807) is 12.1 Å². The van der Waals surface area contributed by atoms with Crippen LogP contribution in [0.4, 0.5) is 4.39 Å². The Morgan fingerprint density at radius 2 is 1.16 bits per heavy atom. The second kappa shape index (κ2) is 9.09. The topological polar surface area (TPSA) is 27.7 Å². The van der Waals surface area contributed by atoms with E-state index in [0.29, 0.717) is 19.8 Å². The molecular formula is C21H27FO3. The van der Waals surface area contributed by atoms with Gasteiger partial charge in [0, 0.05) is 19.8 Å². The van der Waals surface area contributed by atoms with Gasteiger partial charge in [-0.2, -0.15) is 0 Å². The van der Waals surface area contributed by atoms with Crippen LogP contribution in [0.3, 0.4) is 0 Å². The van der Waals surface area contributed by atoms with Crippen molar-refractivity contribution in [3.63, 3.8) is 0 Å².